The lowest BCUT2D eigenvalue weighted by atomic mass is 10.1. The number of hydrogen-bond donors (Lipinski definition) is 0. The SMILES string of the molecule is Cc1cc2c(cc1CN=C=O)OCCCO2. The van der Waals surface area contributed by atoms with Crippen LogP contribution in [0.1, 0.15) is 17.5 Å². The average Bonchev–Trinajstić information content (AvgIpc) is 2.50. The minimum atomic E-state index is 0.339. The van der Waals surface area contributed by atoms with E-state index in [1.54, 1.807) is 0 Å². The van der Waals surface area contributed by atoms with Gasteiger partial charge in [0, 0.05) is 6.42 Å². The summed E-state index contributed by atoms with van der Waals surface area (Å²) in [5.41, 5.74) is 2.01. The molecule has 0 aliphatic carbocycles. The van der Waals surface area contributed by atoms with Gasteiger partial charge in [-0.05, 0) is 30.2 Å². The van der Waals surface area contributed by atoms with E-state index in [0.717, 1.165) is 29.0 Å². The van der Waals surface area contributed by atoms with E-state index in [-0.39, 0.29) is 0 Å². The van der Waals surface area contributed by atoms with Gasteiger partial charge in [-0.15, -0.1) is 0 Å². The summed E-state index contributed by atoms with van der Waals surface area (Å²) >= 11 is 0. The first-order chi connectivity index (χ1) is 7.81. The van der Waals surface area contributed by atoms with Crippen LogP contribution in [0.2, 0.25) is 0 Å². The van der Waals surface area contributed by atoms with Crippen LogP contribution >= 0.6 is 0 Å². The second-order valence-corrected chi connectivity index (χ2v) is 3.68. The fourth-order valence-corrected chi connectivity index (χ4v) is 1.64. The molecule has 0 amide bonds. The van der Waals surface area contributed by atoms with Crippen molar-refractivity contribution in [3.8, 4) is 11.5 Å². The van der Waals surface area contributed by atoms with Crippen molar-refractivity contribution in [2.75, 3.05) is 13.2 Å². The molecule has 4 nitrogen and oxygen atoms in total. The molecule has 0 bridgehead atoms. The van der Waals surface area contributed by atoms with Gasteiger partial charge in [-0.2, -0.15) is 0 Å². The Kier molecular flexibility index (Phi) is 3.22. The Hall–Kier alpha value is -1.80. The highest BCUT2D eigenvalue weighted by Gasteiger charge is 2.12. The monoisotopic (exact) mass is 219 g/mol. The van der Waals surface area contributed by atoms with Crippen LogP contribution in [-0.2, 0) is 11.3 Å². The summed E-state index contributed by atoms with van der Waals surface area (Å²) in [6.45, 7) is 3.64. The van der Waals surface area contributed by atoms with E-state index in [1.807, 2.05) is 19.1 Å². The van der Waals surface area contributed by atoms with E-state index < -0.39 is 0 Å². The number of benzene rings is 1. The molecule has 1 aromatic rings. The first-order valence-corrected chi connectivity index (χ1v) is 5.24. The molecule has 0 spiro atoms. The molecule has 0 fully saturated rings. The van der Waals surface area contributed by atoms with Crippen LogP contribution in [0, 0.1) is 6.92 Å². The fraction of sp³-hybridized carbons (Fsp3) is 0.417. The fourth-order valence-electron chi connectivity index (χ4n) is 1.64. The molecule has 1 aliphatic heterocycles. The lowest BCUT2D eigenvalue weighted by molar-refractivity contribution is 0.297. The quantitative estimate of drug-likeness (QED) is 0.564. The van der Waals surface area contributed by atoms with Gasteiger partial charge in [-0.3, -0.25) is 0 Å². The van der Waals surface area contributed by atoms with Gasteiger partial charge in [0.1, 0.15) is 0 Å². The van der Waals surface area contributed by atoms with E-state index in [9.17, 15) is 4.79 Å². The van der Waals surface area contributed by atoms with Gasteiger partial charge in [0.2, 0.25) is 6.08 Å². The molecular formula is C12H13NO3. The number of rotatable bonds is 2. The molecule has 4 heteroatoms. The molecule has 1 heterocycles. The van der Waals surface area contributed by atoms with Crippen molar-refractivity contribution in [2.45, 2.75) is 19.9 Å². The predicted octanol–water partition coefficient (Wildman–Crippen LogP) is 1.99. The van der Waals surface area contributed by atoms with Crippen molar-refractivity contribution in [1.29, 1.82) is 0 Å². The van der Waals surface area contributed by atoms with Gasteiger partial charge in [0.25, 0.3) is 0 Å². The molecule has 0 aromatic heterocycles. The van der Waals surface area contributed by atoms with Gasteiger partial charge in [0.15, 0.2) is 11.5 Å². The van der Waals surface area contributed by atoms with Crippen molar-refractivity contribution < 1.29 is 14.3 Å². The zero-order valence-corrected chi connectivity index (χ0v) is 9.16. The second-order valence-electron chi connectivity index (χ2n) is 3.68. The summed E-state index contributed by atoms with van der Waals surface area (Å²) in [5.74, 6) is 1.51. The third-order valence-electron chi connectivity index (χ3n) is 2.52. The van der Waals surface area contributed by atoms with Gasteiger partial charge in [0.05, 0.1) is 19.8 Å². The second kappa shape index (κ2) is 4.81. The van der Waals surface area contributed by atoms with Gasteiger partial charge in [-0.1, -0.05) is 0 Å². The number of carbonyl (C=O) groups excluding carboxylic acids is 1. The van der Waals surface area contributed by atoms with Crippen molar-refractivity contribution >= 4 is 6.08 Å². The molecule has 1 aliphatic rings. The highest BCUT2D eigenvalue weighted by atomic mass is 16.5. The van der Waals surface area contributed by atoms with Gasteiger partial charge >= 0.3 is 0 Å². The number of hydrogen-bond acceptors (Lipinski definition) is 4. The maximum atomic E-state index is 10.1. The molecular weight excluding hydrogens is 206 g/mol. The van der Waals surface area contributed by atoms with Gasteiger partial charge < -0.3 is 9.47 Å². The van der Waals surface area contributed by atoms with E-state index in [1.165, 1.54) is 6.08 Å². The first kappa shape index (κ1) is 10.7. The van der Waals surface area contributed by atoms with Crippen LogP contribution in [0.5, 0.6) is 11.5 Å². The summed E-state index contributed by atoms with van der Waals surface area (Å²) in [7, 11) is 0. The number of aryl methyl sites for hydroxylation is 1. The summed E-state index contributed by atoms with van der Waals surface area (Å²) in [4.78, 5) is 13.7. The highest BCUT2D eigenvalue weighted by Crippen LogP contribution is 2.32. The zero-order chi connectivity index (χ0) is 11.4. The van der Waals surface area contributed by atoms with Crippen molar-refractivity contribution in [2.24, 2.45) is 4.99 Å². The van der Waals surface area contributed by atoms with Crippen LogP contribution in [0.3, 0.4) is 0 Å². The minimum Gasteiger partial charge on any atom is -0.490 e. The molecule has 0 atom stereocenters. The van der Waals surface area contributed by atoms with E-state index in [0.29, 0.717) is 19.8 Å². The Balaban J connectivity index is 2.34. The highest BCUT2D eigenvalue weighted by molar-refractivity contribution is 5.48. The molecule has 0 saturated carbocycles. The standard InChI is InChI=1S/C12H13NO3/c1-9-5-11-12(16-4-2-3-15-11)6-10(9)7-13-8-14/h5-6H,2-4,7H2,1H3. The van der Waals surface area contributed by atoms with Crippen molar-refractivity contribution in [3.63, 3.8) is 0 Å². The molecule has 1 aromatic carbocycles. The van der Waals surface area contributed by atoms with Crippen LogP contribution < -0.4 is 9.47 Å². The molecule has 0 saturated heterocycles. The predicted molar refractivity (Wildman–Crippen MR) is 58.6 cm³/mol. The largest absolute Gasteiger partial charge is 0.490 e. The topological polar surface area (TPSA) is 47.9 Å². The maximum Gasteiger partial charge on any atom is 0.235 e. The third-order valence-corrected chi connectivity index (χ3v) is 2.52. The summed E-state index contributed by atoms with van der Waals surface area (Å²) in [6.07, 6.45) is 2.42. The van der Waals surface area contributed by atoms with Crippen molar-refractivity contribution in [3.05, 3.63) is 23.3 Å². The Morgan fingerprint density at radius 3 is 2.69 bits per heavy atom. The smallest absolute Gasteiger partial charge is 0.235 e. The van der Waals surface area contributed by atoms with Crippen LogP contribution in [0.15, 0.2) is 17.1 Å². The summed E-state index contributed by atoms with van der Waals surface area (Å²) < 4.78 is 11.1. The van der Waals surface area contributed by atoms with E-state index in [4.69, 9.17) is 9.47 Å². The maximum absolute atomic E-state index is 10.1. The number of aliphatic imine (C=N–C) groups is 1. The minimum absolute atomic E-state index is 0.339. The van der Waals surface area contributed by atoms with E-state index in [2.05, 4.69) is 4.99 Å². The first-order valence-electron chi connectivity index (χ1n) is 5.24. The Bertz CT molecular complexity index is 436. The molecule has 0 N–H and O–H groups in total. The normalized spacial score (nSPS) is 13.8. The summed E-state index contributed by atoms with van der Waals surface area (Å²) in [6, 6.07) is 3.81. The number of ether oxygens (including phenoxy) is 2. The average molecular weight is 219 g/mol. The third kappa shape index (κ3) is 2.23. The van der Waals surface area contributed by atoms with Crippen LogP contribution in [-0.4, -0.2) is 19.3 Å². The summed E-state index contributed by atoms with van der Waals surface area (Å²) in [5, 5.41) is 0. The Morgan fingerprint density at radius 1 is 1.31 bits per heavy atom. The zero-order valence-electron chi connectivity index (χ0n) is 9.16. The van der Waals surface area contributed by atoms with Gasteiger partial charge in [-0.25, -0.2) is 9.79 Å². The van der Waals surface area contributed by atoms with Crippen LogP contribution in [0.4, 0.5) is 0 Å². The molecule has 2 rings (SSSR count). The molecule has 0 radical (unpaired) electrons. The van der Waals surface area contributed by atoms with Crippen LogP contribution in [0.25, 0.3) is 0 Å². The Labute approximate surface area is 93.9 Å². The lowest BCUT2D eigenvalue weighted by Crippen LogP contribution is -1.97. The Morgan fingerprint density at radius 2 is 2.00 bits per heavy atom. The number of fused-ring (bicyclic) bond motifs is 1. The number of nitrogens with zero attached hydrogens (tertiary/aromatic N) is 1. The molecule has 84 valence electrons. The lowest BCUT2D eigenvalue weighted by Gasteiger charge is -2.10. The molecule has 16 heavy (non-hydrogen) atoms. The van der Waals surface area contributed by atoms with Crippen molar-refractivity contribution in [1.82, 2.24) is 0 Å². The van der Waals surface area contributed by atoms with E-state index >= 15 is 0 Å². The number of isocyanates is 1. The molecule has 0 unspecified atom stereocenters.